The molecular formula is C9H15N5O. The summed E-state index contributed by atoms with van der Waals surface area (Å²) in [5.41, 5.74) is 0. The predicted octanol–water partition coefficient (Wildman–Crippen LogP) is -0.453. The number of carbonyl (C=O) groups is 1. The molecule has 0 unspecified atom stereocenters. The number of H-pyrrole nitrogens is 1. The van der Waals surface area contributed by atoms with Crippen molar-refractivity contribution in [2.45, 2.75) is 19.9 Å². The van der Waals surface area contributed by atoms with E-state index in [1.165, 1.54) is 0 Å². The molecule has 1 amide bonds. The van der Waals surface area contributed by atoms with Gasteiger partial charge in [0, 0.05) is 25.7 Å². The van der Waals surface area contributed by atoms with Crippen LogP contribution in [-0.2, 0) is 0 Å². The van der Waals surface area contributed by atoms with Crippen molar-refractivity contribution in [2.75, 3.05) is 19.6 Å². The molecule has 1 fully saturated rings. The molecule has 0 saturated carbocycles. The minimum atomic E-state index is -0.0895. The number of hydrogen-bond donors (Lipinski definition) is 2. The van der Waals surface area contributed by atoms with E-state index in [1.807, 2.05) is 6.92 Å². The van der Waals surface area contributed by atoms with Crippen LogP contribution in [0.1, 0.15) is 23.4 Å². The molecule has 1 saturated heterocycles. The number of rotatable bonds is 1. The topological polar surface area (TPSA) is 73.9 Å². The van der Waals surface area contributed by atoms with Gasteiger partial charge in [-0.2, -0.15) is 0 Å². The van der Waals surface area contributed by atoms with Gasteiger partial charge in [0.1, 0.15) is 5.82 Å². The van der Waals surface area contributed by atoms with E-state index in [9.17, 15) is 4.79 Å². The van der Waals surface area contributed by atoms with E-state index in [1.54, 1.807) is 11.8 Å². The first-order valence-corrected chi connectivity index (χ1v) is 5.09. The average molecular weight is 209 g/mol. The molecule has 2 heterocycles. The smallest absolute Gasteiger partial charge is 0.293 e. The Labute approximate surface area is 88.1 Å². The van der Waals surface area contributed by atoms with E-state index in [-0.39, 0.29) is 17.8 Å². The van der Waals surface area contributed by atoms with Gasteiger partial charge in [0.15, 0.2) is 0 Å². The summed E-state index contributed by atoms with van der Waals surface area (Å²) < 4.78 is 0. The van der Waals surface area contributed by atoms with Crippen molar-refractivity contribution in [3.05, 3.63) is 11.6 Å². The number of hydrogen-bond acceptors (Lipinski definition) is 4. The van der Waals surface area contributed by atoms with Crippen LogP contribution in [0.4, 0.5) is 0 Å². The Hall–Kier alpha value is -1.43. The Morgan fingerprint density at radius 3 is 3.00 bits per heavy atom. The standard InChI is InChI=1S/C9H15N5O/c1-6-5-10-3-4-14(6)9(15)8-11-7(2)12-13-8/h6,10H,3-5H2,1-2H3,(H,11,12,13)/t6-/m0/s1. The van der Waals surface area contributed by atoms with Crippen LogP contribution in [0.5, 0.6) is 0 Å². The number of aromatic amines is 1. The van der Waals surface area contributed by atoms with Crippen LogP contribution < -0.4 is 5.32 Å². The third-order valence-corrected chi connectivity index (χ3v) is 2.55. The number of carbonyl (C=O) groups excluding carboxylic acids is 1. The minimum absolute atomic E-state index is 0.0895. The van der Waals surface area contributed by atoms with Gasteiger partial charge >= 0.3 is 0 Å². The molecule has 0 spiro atoms. The van der Waals surface area contributed by atoms with Crippen LogP contribution in [0.3, 0.4) is 0 Å². The van der Waals surface area contributed by atoms with Gasteiger partial charge in [-0.05, 0) is 13.8 Å². The third kappa shape index (κ3) is 1.99. The second kappa shape index (κ2) is 3.98. The van der Waals surface area contributed by atoms with Gasteiger partial charge in [0.25, 0.3) is 5.91 Å². The summed E-state index contributed by atoms with van der Waals surface area (Å²) >= 11 is 0. The zero-order valence-corrected chi connectivity index (χ0v) is 8.95. The highest BCUT2D eigenvalue weighted by molar-refractivity contribution is 5.90. The number of nitrogens with one attached hydrogen (secondary N) is 2. The van der Waals surface area contributed by atoms with Gasteiger partial charge in [0.2, 0.25) is 5.82 Å². The van der Waals surface area contributed by atoms with Crippen LogP contribution in [-0.4, -0.2) is 51.7 Å². The maximum absolute atomic E-state index is 12.0. The Bertz CT molecular complexity index is 361. The third-order valence-electron chi connectivity index (χ3n) is 2.55. The normalized spacial score (nSPS) is 21.7. The van der Waals surface area contributed by atoms with E-state index in [2.05, 4.69) is 20.5 Å². The van der Waals surface area contributed by atoms with Crippen molar-refractivity contribution in [3.63, 3.8) is 0 Å². The molecule has 0 aliphatic carbocycles. The largest absolute Gasteiger partial charge is 0.331 e. The van der Waals surface area contributed by atoms with E-state index >= 15 is 0 Å². The van der Waals surface area contributed by atoms with E-state index in [0.29, 0.717) is 12.4 Å². The summed E-state index contributed by atoms with van der Waals surface area (Å²) in [7, 11) is 0. The zero-order valence-electron chi connectivity index (χ0n) is 8.95. The van der Waals surface area contributed by atoms with Gasteiger partial charge in [0.05, 0.1) is 0 Å². The lowest BCUT2D eigenvalue weighted by Gasteiger charge is -2.33. The highest BCUT2D eigenvalue weighted by atomic mass is 16.2. The Morgan fingerprint density at radius 1 is 1.60 bits per heavy atom. The first-order chi connectivity index (χ1) is 7.18. The second-order valence-corrected chi connectivity index (χ2v) is 3.80. The molecule has 0 aromatic carbocycles. The van der Waals surface area contributed by atoms with E-state index in [4.69, 9.17) is 0 Å². The van der Waals surface area contributed by atoms with Crippen molar-refractivity contribution in [3.8, 4) is 0 Å². The molecule has 1 aromatic rings. The number of nitrogens with zero attached hydrogens (tertiary/aromatic N) is 3. The van der Waals surface area contributed by atoms with Crippen molar-refractivity contribution in [2.24, 2.45) is 0 Å². The van der Waals surface area contributed by atoms with Crippen molar-refractivity contribution in [1.82, 2.24) is 25.4 Å². The fourth-order valence-electron chi connectivity index (χ4n) is 1.71. The number of amides is 1. The van der Waals surface area contributed by atoms with Crippen LogP contribution >= 0.6 is 0 Å². The highest BCUT2D eigenvalue weighted by Gasteiger charge is 2.26. The SMILES string of the molecule is Cc1nc(C(=O)N2CCNC[C@@H]2C)n[nH]1. The Balaban J connectivity index is 2.13. The lowest BCUT2D eigenvalue weighted by Crippen LogP contribution is -2.52. The first-order valence-electron chi connectivity index (χ1n) is 5.09. The summed E-state index contributed by atoms with van der Waals surface area (Å²) in [5, 5.41) is 9.79. The zero-order chi connectivity index (χ0) is 10.8. The van der Waals surface area contributed by atoms with Crippen LogP contribution in [0.15, 0.2) is 0 Å². The number of aromatic nitrogens is 3. The van der Waals surface area contributed by atoms with Gasteiger partial charge in [-0.1, -0.05) is 0 Å². The number of piperazine rings is 1. The van der Waals surface area contributed by atoms with Crippen LogP contribution in [0, 0.1) is 6.92 Å². The average Bonchev–Trinajstić information content (AvgIpc) is 2.65. The van der Waals surface area contributed by atoms with Gasteiger partial charge in [-0.15, -0.1) is 5.10 Å². The van der Waals surface area contributed by atoms with E-state index in [0.717, 1.165) is 13.1 Å². The van der Waals surface area contributed by atoms with Crippen molar-refractivity contribution >= 4 is 5.91 Å². The minimum Gasteiger partial charge on any atom is -0.331 e. The number of aryl methyl sites for hydroxylation is 1. The molecule has 0 radical (unpaired) electrons. The maximum atomic E-state index is 12.0. The molecule has 82 valence electrons. The molecule has 2 N–H and O–H groups in total. The first kappa shape index (κ1) is 10.1. The molecular weight excluding hydrogens is 194 g/mol. The lowest BCUT2D eigenvalue weighted by molar-refractivity contribution is 0.0643. The molecule has 0 bridgehead atoms. The second-order valence-electron chi connectivity index (χ2n) is 3.80. The summed E-state index contributed by atoms with van der Waals surface area (Å²) in [6, 6.07) is 0.199. The van der Waals surface area contributed by atoms with Crippen LogP contribution in [0.2, 0.25) is 0 Å². The summed E-state index contributed by atoms with van der Waals surface area (Å²) in [5.74, 6) is 0.843. The molecule has 1 atom stereocenters. The van der Waals surface area contributed by atoms with Crippen molar-refractivity contribution < 1.29 is 4.79 Å². The molecule has 1 aliphatic rings. The molecule has 1 aromatic heterocycles. The highest BCUT2D eigenvalue weighted by Crippen LogP contribution is 2.06. The predicted molar refractivity (Wildman–Crippen MR) is 54.5 cm³/mol. The summed E-state index contributed by atoms with van der Waals surface area (Å²) in [6.45, 7) is 6.18. The summed E-state index contributed by atoms with van der Waals surface area (Å²) in [6.07, 6.45) is 0. The monoisotopic (exact) mass is 209 g/mol. The van der Waals surface area contributed by atoms with Gasteiger partial charge in [-0.25, -0.2) is 4.98 Å². The van der Waals surface area contributed by atoms with Crippen molar-refractivity contribution in [1.29, 1.82) is 0 Å². The summed E-state index contributed by atoms with van der Waals surface area (Å²) in [4.78, 5) is 17.8. The fourth-order valence-corrected chi connectivity index (χ4v) is 1.71. The quantitative estimate of drug-likeness (QED) is 0.657. The molecule has 15 heavy (non-hydrogen) atoms. The van der Waals surface area contributed by atoms with Gasteiger partial charge < -0.3 is 10.2 Å². The Kier molecular flexibility index (Phi) is 2.68. The Morgan fingerprint density at radius 2 is 2.40 bits per heavy atom. The lowest BCUT2D eigenvalue weighted by atomic mass is 10.2. The molecule has 2 rings (SSSR count). The van der Waals surface area contributed by atoms with Crippen LogP contribution in [0.25, 0.3) is 0 Å². The molecule has 1 aliphatic heterocycles. The fraction of sp³-hybridized carbons (Fsp3) is 0.667. The van der Waals surface area contributed by atoms with Gasteiger partial charge in [-0.3, -0.25) is 9.89 Å². The molecule has 6 nitrogen and oxygen atoms in total. The molecule has 6 heteroatoms. The van der Waals surface area contributed by atoms with E-state index < -0.39 is 0 Å². The maximum Gasteiger partial charge on any atom is 0.293 e.